The van der Waals surface area contributed by atoms with Crippen molar-refractivity contribution >= 4 is 22.5 Å². The molecular weight excluding hydrogens is 240 g/mol. The summed E-state index contributed by atoms with van der Waals surface area (Å²) >= 11 is 1.61. The fraction of sp³-hybridized carbons (Fsp3) is 0.0625. The van der Waals surface area contributed by atoms with Gasteiger partial charge >= 0.3 is 0 Å². The van der Waals surface area contributed by atoms with Gasteiger partial charge in [0.1, 0.15) is 0 Å². The number of allylic oxidation sites excluding steroid dienone is 1. The van der Waals surface area contributed by atoms with Crippen molar-refractivity contribution in [3.63, 3.8) is 0 Å². The second-order valence-corrected chi connectivity index (χ2v) is 5.02. The maximum atomic E-state index is 11.3. The smallest absolute Gasteiger partial charge is 0.153 e. The van der Waals surface area contributed by atoms with Crippen LogP contribution in [-0.2, 0) is 4.79 Å². The van der Waals surface area contributed by atoms with E-state index in [0.717, 1.165) is 15.4 Å². The molecule has 90 valence electrons. The van der Waals surface area contributed by atoms with Crippen LogP contribution in [-0.4, -0.2) is 5.78 Å². The molecule has 0 amide bonds. The van der Waals surface area contributed by atoms with Crippen LogP contribution in [0, 0.1) is 0 Å². The van der Waals surface area contributed by atoms with Gasteiger partial charge in [-0.25, -0.2) is 0 Å². The highest BCUT2D eigenvalue weighted by molar-refractivity contribution is 8.08. The molecule has 0 aliphatic heterocycles. The summed E-state index contributed by atoms with van der Waals surface area (Å²) < 4.78 is 0. The van der Waals surface area contributed by atoms with E-state index in [9.17, 15) is 4.79 Å². The molecular formula is C16H14OS. The number of hydrogen-bond donors (Lipinski definition) is 0. The van der Waals surface area contributed by atoms with Crippen LogP contribution in [0.25, 0.3) is 4.91 Å². The third-order valence-corrected chi connectivity index (χ3v) is 3.45. The molecule has 0 saturated heterocycles. The topological polar surface area (TPSA) is 17.1 Å². The predicted octanol–water partition coefficient (Wildman–Crippen LogP) is 4.41. The lowest BCUT2D eigenvalue weighted by atomic mass is 10.2. The van der Waals surface area contributed by atoms with Crippen molar-refractivity contribution < 1.29 is 4.79 Å². The minimum Gasteiger partial charge on any atom is -0.295 e. The molecule has 0 saturated carbocycles. The molecule has 0 heterocycles. The van der Waals surface area contributed by atoms with Gasteiger partial charge in [0.05, 0.1) is 0 Å². The molecule has 0 spiro atoms. The summed E-state index contributed by atoms with van der Waals surface area (Å²) in [5.74, 6) is 0.0669. The standard InChI is InChI=1S/C16H14OS/c1-13(17)12-16(14-8-4-2-5-9-14)18-15-10-6-3-7-11-15/h2-12H,1H3/b16-12-. The number of carbonyl (C=O) groups is 1. The molecule has 18 heavy (non-hydrogen) atoms. The van der Waals surface area contributed by atoms with Gasteiger partial charge in [-0.15, -0.1) is 0 Å². The van der Waals surface area contributed by atoms with E-state index in [0.29, 0.717) is 0 Å². The van der Waals surface area contributed by atoms with Crippen LogP contribution in [0.4, 0.5) is 0 Å². The quantitative estimate of drug-likeness (QED) is 0.594. The summed E-state index contributed by atoms with van der Waals surface area (Å²) in [6.45, 7) is 1.58. The Labute approximate surface area is 112 Å². The average Bonchev–Trinajstić information content (AvgIpc) is 2.40. The Morgan fingerprint density at radius 2 is 1.50 bits per heavy atom. The van der Waals surface area contributed by atoms with Crippen molar-refractivity contribution in [2.45, 2.75) is 11.8 Å². The zero-order valence-corrected chi connectivity index (χ0v) is 11.0. The maximum Gasteiger partial charge on any atom is 0.153 e. The number of benzene rings is 2. The van der Waals surface area contributed by atoms with Crippen LogP contribution in [0.2, 0.25) is 0 Å². The molecule has 2 heteroatoms. The monoisotopic (exact) mass is 254 g/mol. The summed E-state index contributed by atoms with van der Waals surface area (Å²) in [6, 6.07) is 20.0. The molecule has 0 atom stereocenters. The summed E-state index contributed by atoms with van der Waals surface area (Å²) in [7, 11) is 0. The first-order chi connectivity index (χ1) is 8.75. The highest BCUT2D eigenvalue weighted by atomic mass is 32.2. The van der Waals surface area contributed by atoms with Crippen LogP contribution in [0.1, 0.15) is 12.5 Å². The molecule has 0 unspecified atom stereocenters. The molecule has 0 N–H and O–H groups in total. The minimum absolute atomic E-state index is 0.0669. The molecule has 1 nitrogen and oxygen atoms in total. The van der Waals surface area contributed by atoms with Gasteiger partial charge in [0.2, 0.25) is 0 Å². The van der Waals surface area contributed by atoms with E-state index < -0.39 is 0 Å². The van der Waals surface area contributed by atoms with E-state index in [2.05, 4.69) is 0 Å². The number of rotatable bonds is 4. The Morgan fingerprint density at radius 1 is 0.944 bits per heavy atom. The molecule has 0 aliphatic carbocycles. The Hall–Kier alpha value is -1.80. The Morgan fingerprint density at radius 3 is 2.06 bits per heavy atom. The summed E-state index contributed by atoms with van der Waals surface area (Å²) in [5.41, 5.74) is 1.07. The van der Waals surface area contributed by atoms with Crippen molar-refractivity contribution in [3.8, 4) is 0 Å². The number of thioether (sulfide) groups is 1. The predicted molar refractivity (Wildman–Crippen MR) is 77.4 cm³/mol. The molecule has 0 aliphatic rings. The van der Waals surface area contributed by atoms with E-state index in [-0.39, 0.29) is 5.78 Å². The molecule has 0 radical (unpaired) electrons. The average molecular weight is 254 g/mol. The molecule has 0 bridgehead atoms. The van der Waals surface area contributed by atoms with Crippen LogP contribution in [0.3, 0.4) is 0 Å². The summed E-state index contributed by atoms with van der Waals surface area (Å²) in [6.07, 6.45) is 1.69. The molecule has 0 aromatic heterocycles. The Bertz CT molecular complexity index is 544. The molecule has 2 aromatic carbocycles. The van der Waals surface area contributed by atoms with Crippen LogP contribution >= 0.6 is 11.8 Å². The lowest BCUT2D eigenvalue weighted by Crippen LogP contribution is -1.86. The Kier molecular flexibility index (Phi) is 4.37. The van der Waals surface area contributed by atoms with Crippen LogP contribution in [0.5, 0.6) is 0 Å². The van der Waals surface area contributed by atoms with Crippen LogP contribution in [0.15, 0.2) is 71.6 Å². The fourth-order valence-electron chi connectivity index (χ4n) is 1.57. The van der Waals surface area contributed by atoms with E-state index >= 15 is 0 Å². The minimum atomic E-state index is 0.0669. The van der Waals surface area contributed by atoms with Crippen molar-refractivity contribution in [2.24, 2.45) is 0 Å². The molecule has 2 aromatic rings. The lowest BCUT2D eigenvalue weighted by molar-refractivity contribution is -0.112. The third-order valence-electron chi connectivity index (χ3n) is 2.36. The van der Waals surface area contributed by atoms with Gasteiger partial charge in [-0.2, -0.15) is 0 Å². The maximum absolute atomic E-state index is 11.3. The van der Waals surface area contributed by atoms with Gasteiger partial charge in [-0.3, -0.25) is 4.79 Å². The number of hydrogen-bond acceptors (Lipinski definition) is 2. The third kappa shape index (κ3) is 3.60. The van der Waals surface area contributed by atoms with E-state index in [4.69, 9.17) is 0 Å². The van der Waals surface area contributed by atoms with Crippen molar-refractivity contribution in [2.75, 3.05) is 0 Å². The second kappa shape index (κ2) is 6.22. The molecule has 0 fully saturated rings. The zero-order valence-electron chi connectivity index (χ0n) is 10.2. The highest BCUT2D eigenvalue weighted by Crippen LogP contribution is 2.33. The van der Waals surface area contributed by atoms with Gasteiger partial charge in [0.25, 0.3) is 0 Å². The summed E-state index contributed by atoms with van der Waals surface area (Å²) in [5, 5.41) is 0. The van der Waals surface area contributed by atoms with Gasteiger partial charge in [-0.1, -0.05) is 60.3 Å². The van der Waals surface area contributed by atoms with Crippen molar-refractivity contribution in [3.05, 3.63) is 72.3 Å². The lowest BCUT2D eigenvalue weighted by Gasteiger charge is -2.06. The second-order valence-electron chi connectivity index (χ2n) is 3.90. The largest absolute Gasteiger partial charge is 0.295 e. The van der Waals surface area contributed by atoms with Crippen molar-refractivity contribution in [1.82, 2.24) is 0 Å². The first-order valence-electron chi connectivity index (χ1n) is 5.76. The SMILES string of the molecule is CC(=O)/C=C(\Sc1ccccc1)c1ccccc1. The summed E-state index contributed by atoms with van der Waals surface area (Å²) in [4.78, 5) is 13.4. The van der Waals surface area contributed by atoms with E-state index in [1.54, 1.807) is 24.8 Å². The molecule has 2 rings (SSSR count). The van der Waals surface area contributed by atoms with Gasteiger partial charge in [-0.05, 0) is 30.7 Å². The first-order valence-corrected chi connectivity index (χ1v) is 6.58. The van der Waals surface area contributed by atoms with E-state index in [1.807, 2.05) is 60.7 Å². The first kappa shape index (κ1) is 12.7. The number of carbonyl (C=O) groups excluding carboxylic acids is 1. The van der Waals surface area contributed by atoms with Gasteiger partial charge < -0.3 is 0 Å². The van der Waals surface area contributed by atoms with Gasteiger partial charge in [0.15, 0.2) is 5.78 Å². The number of ketones is 1. The van der Waals surface area contributed by atoms with Gasteiger partial charge in [0, 0.05) is 9.80 Å². The normalized spacial score (nSPS) is 11.3. The highest BCUT2D eigenvalue weighted by Gasteiger charge is 2.04. The Balaban J connectivity index is 2.31. The van der Waals surface area contributed by atoms with E-state index in [1.165, 1.54) is 0 Å². The van der Waals surface area contributed by atoms with Crippen LogP contribution < -0.4 is 0 Å². The fourth-order valence-corrected chi connectivity index (χ4v) is 2.60. The zero-order chi connectivity index (χ0) is 12.8. The van der Waals surface area contributed by atoms with Crippen molar-refractivity contribution in [1.29, 1.82) is 0 Å².